The number of rotatable bonds is 6. The van der Waals surface area contributed by atoms with Gasteiger partial charge >= 0.3 is 5.97 Å². The highest BCUT2D eigenvalue weighted by Crippen LogP contribution is 2.36. The highest BCUT2D eigenvalue weighted by atomic mass is 16.4. The van der Waals surface area contributed by atoms with Gasteiger partial charge < -0.3 is 15.3 Å². The van der Waals surface area contributed by atoms with Crippen LogP contribution in [0.1, 0.15) is 40.7 Å². The van der Waals surface area contributed by atoms with Gasteiger partial charge in [-0.2, -0.15) is 0 Å². The second-order valence-electron chi connectivity index (χ2n) is 7.15. The van der Waals surface area contributed by atoms with E-state index in [-0.39, 0.29) is 5.91 Å². The van der Waals surface area contributed by atoms with Crippen LogP contribution in [-0.2, 0) is 17.8 Å². The Hall–Kier alpha value is -2.82. The molecule has 5 nitrogen and oxygen atoms in total. The van der Waals surface area contributed by atoms with Gasteiger partial charge in [-0.05, 0) is 66.6 Å². The molecular weight excluding hydrogens is 328 g/mol. The second kappa shape index (κ2) is 6.83. The van der Waals surface area contributed by atoms with E-state index in [0.717, 1.165) is 29.9 Å². The van der Waals surface area contributed by atoms with Crippen LogP contribution in [-0.4, -0.2) is 23.5 Å². The van der Waals surface area contributed by atoms with E-state index in [1.54, 1.807) is 12.1 Å². The number of aryl methyl sites for hydroxylation is 1. The minimum Gasteiger partial charge on any atom is -0.478 e. The molecule has 0 saturated heterocycles. The first kappa shape index (κ1) is 16.6. The Morgan fingerprint density at radius 2 is 1.88 bits per heavy atom. The smallest absolute Gasteiger partial charge is 0.335 e. The van der Waals surface area contributed by atoms with Gasteiger partial charge in [-0.1, -0.05) is 12.1 Å². The number of carbonyl (C=O) groups is 2. The van der Waals surface area contributed by atoms with E-state index in [4.69, 9.17) is 5.11 Å². The molecular formula is C21H22N2O3. The third-order valence-electron chi connectivity index (χ3n) is 5.11. The standard InChI is InChI=1S/C21H22N2O3/c24-20-10-7-17-11-18(8-9-19(17)23(20)13-15-1-2-15)22-12-14-3-5-16(6-4-14)21(25)26/h3-6,8-9,11,15,22H,1-2,7,10,12-13H2,(H,25,26). The van der Waals surface area contributed by atoms with Crippen LogP contribution in [0, 0.1) is 5.92 Å². The van der Waals surface area contributed by atoms with E-state index in [1.807, 2.05) is 29.2 Å². The molecule has 134 valence electrons. The summed E-state index contributed by atoms with van der Waals surface area (Å²) in [5.41, 5.74) is 4.62. The number of carboxylic acid groups (broad SMARTS) is 1. The normalized spacial score (nSPS) is 16.3. The van der Waals surface area contributed by atoms with Crippen molar-refractivity contribution in [3.8, 4) is 0 Å². The van der Waals surface area contributed by atoms with Crippen LogP contribution in [0.5, 0.6) is 0 Å². The van der Waals surface area contributed by atoms with Gasteiger partial charge in [-0.25, -0.2) is 4.79 Å². The van der Waals surface area contributed by atoms with Crippen LogP contribution in [0.2, 0.25) is 0 Å². The van der Waals surface area contributed by atoms with E-state index in [0.29, 0.717) is 24.4 Å². The van der Waals surface area contributed by atoms with Crippen LogP contribution < -0.4 is 10.2 Å². The molecule has 1 saturated carbocycles. The second-order valence-corrected chi connectivity index (χ2v) is 7.15. The van der Waals surface area contributed by atoms with Gasteiger partial charge in [0.2, 0.25) is 5.91 Å². The van der Waals surface area contributed by atoms with Crippen molar-refractivity contribution in [2.24, 2.45) is 5.92 Å². The zero-order chi connectivity index (χ0) is 18.1. The van der Waals surface area contributed by atoms with Crippen LogP contribution in [0.25, 0.3) is 0 Å². The molecule has 0 unspecified atom stereocenters. The number of aromatic carboxylic acids is 1. The molecule has 2 aromatic carbocycles. The monoisotopic (exact) mass is 350 g/mol. The molecule has 2 N–H and O–H groups in total. The average Bonchev–Trinajstić information content (AvgIpc) is 3.47. The number of carbonyl (C=O) groups excluding carboxylic acids is 1. The molecule has 1 fully saturated rings. The van der Waals surface area contributed by atoms with Gasteiger partial charge in [0.05, 0.1) is 5.56 Å². The number of nitrogens with one attached hydrogen (secondary N) is 1. The molecule has 1 amide bonds. The maximum absolute atomic E-state index is 12.3. The molecule has 1 heterocycles. The fourth-order valence-electron chi connectivity index (χ4n) is 3.40. The lowest BCUT2D eigenvalue weighted by molar-refractivity contribution is -0.119. The summed E-state index contributed by atoms with van der Waals surface area (Å²) in [6, 6.07) is 13.1. The molecule has 1 aliphatic carbocycles. The number of hydrogen-bond donors (Lipinski definition) is 2. The molecule has 0 bridgehead atoms. The Balaban J connectivity index is 1.45. The van der Waals surface area contributed by atoms with Gasteiger partial charge in [0.15, 0.2) is 0 Å². The molecule has 0 aromatic heterocycles. The van der Waals surface area contributed by atoms with E-state index in [2.05, 4.69) is 11.4 Å². The van der Waals surface area contributed by atoms with Crippen LogP contribution >= 0.6 is 0 Å². The van der Waals surface area contributed by atoms with Crippen molar-refractivity contribution >= 4 is 23.3 Å². The van der Waals surface area contributed by atoms with Crippen molar-refractivity contribution in [2.45, 2.75) is 32.2 Å². The fraction of sp³-hybridized carbons (Fsp3) is 0.333. The summed E-state index contributed by atoms with van der Waals surface area (Å²) in [6.07, 6.45) is 3.84. The topological polar surface area (TPSA) is 69.6 Å². The van der Waals surface area contributed by atoms with Gasteiger partial charge in [-0.15, -0.1) is 0 Å². The Bertz CT molecular complexity index is 841. The molecule has 5 heteroatoms. The third-order valence-corrected chi connectivity index (χ3v) is 5.11. The molecule has 0 atom stereocenters. The number of hydrogen-bond acceptors (Lipinski definition) is 3. The number of benzene rings is 2. The van der Waals surface area contributed by atoms with Gasteiger partial charge in [0.1, 0.15) is 0 Å². The summed E-state index contributed by atoms with van der Waals surface area (Å²) in [5, 5.41) is 12.3. The highest BCUT2D eigenvalue weighted by molar-refractivity contribution is 5.96. The van der Waals surface area contributed by atoms with Crippen LogP contribution in [0.4, 0.5) is 11.4 Å². The lowest BCUT2D eigenvalue weighted by Gasteiger charge is -2.30. The van der Waals surface area contributed by atoms with Crippen molar-refractivity contribution in [2.75, 3.05) is 16.8 Å². The Labute approximate surface area is 152 Å². The highest BCUT2D eigenvalue weighted by Gasteiger charge is 2.30. The van der Waals surface area contributed by atoms with Crippen LogP contribution in [0.3, 0.4) is 0 Å². The predicted molar refractivity (Wildman–Crippen MR) is 101 cm³/mol. The molecule has 2 aliphatic rings. The first-order valence-corrected chi connectivity index (χ1v) is 9.09. The van der Waals surface area contributed by atoms with E-state index >= 15 is 0 Å². The minimum absolute atomic E-state index is 0.239. The lowest BCUT2D eigenvalue weighted by atomic mass is 10.00. The molecule has 1 aliphatic heterocycles. The van der Waals surface area contributed by atoms with Gasteiger partial charge in [-0.3, -0.25) is 4.79 Å². The Morgan fingerprint density at radius 1 is 1.12 bits per heavy atom. The maximum atomic E-state index is 12.3. The average molecular weight is 350 g/mol. The summed E-state index contributed by atoms with van der Waals surface area (Å²) >= 11 is 0. The van der Waals surface area contributed by atoms with E-state index in [9.17, 15) is 9.59 Å². The lowest BCUT2D eigenvalue weighted by Crippen LogP contribution is -2.36. The fourth-order valence-corrected chi connectivity index (χ4v) is 3.40. The molecule has 4 rings (SSSR count). The first-order chi connectivity index (χ1) is 12.6. The van der Waals surface area contributed by atoms with Gasteiger partial charge in [0, 0.05) is 30.9 Å². The number of fused-ring (bicyclic) bond motifs is 1. The first-order valence-electron chi connectivity index (χ1n) is 9.09. The third kappa shape index (κ3) is 3.57. The number of carboxylic acids is 1. The molecule has 0 radical (unpaired) electrons. The van der Waals surface area contributed by atoms with Crippen molar-refractivity contribution in [3.63, 3.8) is 0 Å². The minimum atomic E-state index is -0.913. The quantitative estimate of drug-likeness (QED) is 0.834. The molecule has 0 spiro atoms. The summed E-state index contributed by atoms with van der Waals surface area (Å²) in [7, 11) is 0. The molecule has 26 heavy (non-hydrogen) atoms. The Kier molecular flexibility index (Phi) is 4.37. The summed E-state index contributed by atoms with van der Waals surface area (Å²) in [6.45, 7) is 1.48. The largest absolute Gasteiger partial charge is 0.478 e. The number of nitrogens with zero attached hydrogens (tertiary/aromatic N) is 1. The zero-order valence-corrected chi connectivity index (χ0v) is 14.6. The van der Waals surface area contributed by atoms with Crippen molar-refractivity contribution in [1.82, 2.24) is 0 Å². The maximum Gasteiger partial charge on any atom is 0.335 e. The van der Waals surface area contributed by atoms with Crippen LogP contribution in [0.15, 0.2) is 42.5 Å². The summed E-state index contributed by atoms with van der Waals surface area (Å²) in [5.74, 6) is 0.00426. The Morgan fingerprint density at radius 3 is 2.58 bits per heavy atom. The van der Waals surface area contributed by atoms with E-state index in [1.165, 1.54) is 18.4 Å². The SMILES string of the molecule is O=C(O)c1ccc(CNc2ccc3c(c2)CCC(=O)N3CC2CC2)cc1. The van der Waals surface area contributed by atoms with Crippen molar-refractivity contribution in [1.29, 1.82) is 0 Å². The van der Waals surface area contributed by atoms with E-state index < -0.39 is 5.97 Å². The van der Waals surface area contributed by atoms with Gasteiger partial charge in [0.25, 0.3) is 0 Å². The number of amides is 1. The summed E-state index contributed by atoms with van der Waals surface area (Å²) < 4.78 is 0. The predicted octanol–water partition coefficient (Wildman–Crippen LogP) is 3.69. The number of anilines is 2. The zero-order valence-electron chi connectivity index (χ0n) is 14.6. The molecule has 2 aromatic rings. The van der Waals surface area contributed by atoms with Crippen molar-refractivity contribution in [3.05, 3.63) is 59.2 Å². The van der Waals surface area contributed by atoms with Crippen molar-refractivity contribution < 1.29 is 14.7 Å². The summed E-state index contributed by atoms with van der Waals surface area (Å²) in [4.78, 5) is 25.1.